The lowest BCUT2D eigenvalue weighted by atomic mass is 10.3. The van der Waals surface area contributed by atoms with E-state index in [2.05, 4.69) is 39.1 Å². The molecule has 0 aromatic carbocycles. The maximum atomic E-state index is 8.91. The van der Waals surface area contributed by atoms with Crippen LogP contribution in [0, 0.1) is 0 Å². The van der Waals surface area contributed by atoms with E-state index in [4.69, 9.17) is 20.1 Å². The molecular formula is C21H32BrClN2O4. The van der Waals surface area contributed by atoms with Gasteiger partial charge in [-0.3, -0.25) is 9.97 Å². The quantitative estimate of drug-likeness (QED) is 0.278. The zero-order chi connectivity index (χ0) is 20.3. The van der Waals surface area contributed by atoms with Crippen LogP contribution in [0.5, 0.6) is 11.5 Å². The maximum Gasteiger partial charge on any atom is 0.143 e. The van der Waals surface area contributed by atoms with Crippen molar-refractivity contribution in [2.24, 2.45) is 0 Å². The molecule has 6 nitrogen and oxygen atoms in total. The Morgan fingerprint density at radius 3 is 1.93 bits per heavy atom. The highest BCUT2D eigenvalue weighted by atomic mass is 79.9. The highest BCUT2D eigenvalue weighted by molar-refractivity contribution is 9.09. The monoisotopic (exact) mass is 490 g/mol. The third kappa shape index (κ3) is 15.6. The van der Waals surface area contributed by atoms with Gasteiger partial charge >= 0.3 is 0 Å². The van der Waals surface area contributed by atoms with Gasteiger partial charge in [0.05, 0.1) is 19.8 Å². The van der Waals surface area contributed by atoms with Gasteiger partial charge in [-0.1, -0.05) is 35.5 Å². The number of halogens is 2. The first-order valence-electron chi connectivity index (χ1n) is 8.33. The number of aliphatic hydroxyl groups is 2. The van der Waals surface area contributed by atoms with E-state index in [0.29, 0.717) is 23.7 Å². The number of hydrogen-bond acceptors (Lipinski definition) is 6. The van der Waals surface area contributed by atoms with Crippen LogP contribution in [0.2, 0.25) is 0 Å². The summed E-state index contributed by atoms with van der Waals surface area (Å²) in [4.78, 5) is 7.67. The molecule has 2 heterocycles. The van der Waals surface area contributed by atoms with Gasteiger partial charge in [-0.2, -0.15) is 0 Å². The van der Waals surface area contributed by atoms with Crippen molar-refractivity contribution in [3.8, 4) is 11.5 Å². The molecule has 3 N–H and O–H groups in total. The number of ether oxygens (including phenoxy) is 1. The molecule has 0 aliphatic carbocycles. The number of hydrogen-bond donors (Lipinski definition) is 3. The molecule has 0 atom stereocenters. The molecule has 0 aliphatic heterocycles. The summed E-state index contributed by atoms with van der Waals surface area (Å²) in [6.45, 7) is 7.37. The van der Waals surface area contributed by atoms with Crippen LogP contribution in [0.25, 0.3) is 0 Å². The van der Waals surface area contributed by atoms with E-state index in [1.54, 1.807) is 30.5 Å². The zero-order valence-electron chi connectivity index (χ0n) is 15.7. The molecule has 0 amide bonds. The summed E-state index contributed by atoms with van der Waals surface area (Å²) < 4.78 is 5.37. The molecule has 2 rings (SSSR count). The molecule has 8 heteroatoms. The average Bonchev–Trinajstić information content (AvgIpc) is 2.70. The maximum absolute atomic E-state index is 8.91. The fraction of sp³-hybridized carbons (Fsp3) is 0.333. The van der Waals surface area contributed by atoms with E-state index in [0.717, 1.165) is 18.2 Å². The lowest BCUT2D eigenvalue weighted by Crippen LogP contribution is -2.00. The summed E-state index contributed by atoms with van der Waals surface area (Å²) in [7, 11) is 0. The van der Waals surface area contributed by atoms with Crippen LogP contribution in [0.4, 0.5) is 0 Å². The summed E-state index contributed by atoms with van der Waals surface area (Å²) in [6, 6.07) is 6.66. The third-order valence-electron chi connectivity index (χ3n) is 2.91. The molecule has 0 aliphatic rings. The Kier molecular flexibility index (Phi) is 24.5. The molecule has 0 bridgehead atoms. The van der Waals surface area contributed by atoms with Crippen molar-refractivity contribution in [3.63, 3.8) is 0 Å². The topological polar surface area (TPSA) is 95.7 Å². The van der Waals surface area contributed by atoms with Crippen molar-refractivity contribution >= 4 is 28.3 Å². The second-order valence-electron chi connectivity index (χ2n) is 4.93. The van der Waals surface area contributed by atoms with Crippen molar-refractivity contribution < 1.29 is 20.1 Å². The Hall–Kier alpha value is -1.93. The van der Waals surface area contributed by atoms with Gasteiger partial charge in [-0.15, -0.1) is 25.6 Å². The first kappa shape index (κ1) is 31.8. The number of rotatable bonds is 8. The van der Waals surface area contributed by atoms with Crippen LogP contribution in [0.3, 0.4) is 0 Å². The smallest absolute Gasteiger partial charge is 0.143 e. The number of alkyl halides is 1. The minimum Gasteiger partial charge on any atom is -0.506 e. The van der Waals surface area contributed by atoms with Gasteiger partial charge < -0.3 is 20.1 Å². The van der Waals surface area contributed by atoms with E-state index in [-0.39, 0.29) is 38.8 Å². The van der Waals surface area contributed by atoms with Crippen LogP contribution >= 0.6 is 28.3 Å². The van der Waals surface area contributed by atoms with Gasteiger partial charge in [0, 0.05) is 17.7 Å². The van der Waals surface area contributed by atoms with Gasteiger partial charge in [0.15, 0.2) is 0 Å². The first-order valence-corrected chi connectivity index (χ1v) is 9.45. The average molecular weight is 492 g/mol. The van der Waals surface area contributed by atoms with Crippen molar-refractivity contribution in [2.45, 2.75) is 33.5 Å². The molecule has 0 fully saturated rings. The fourth-order valence-electron chi connectivity index (χ4n) is 1.55. The van der Waals surface area contributed by atoms with Crippen molar-refractivity contribution in [3.05, 3.63) is 73.4 Å². The molecule has 0 unspecified atom stereocenters. The standard InChI is InChI=1S/C10H13NO2.C6H7NO2.C4H7Br.CH4.ClH/c1-2-3-7-13-10-5-4-6-11-9(10)8-12;8-4-5-6(9)2-1-3-7-5;1-2-3-4-5;;/h2,4-6,12H,1,3,7-8H2;1-3,8-9H,4H2;2H,1,3-4H2;1H4;1H. The van der Waals surface area contributed by atoms with E-state index in [1.807, 2.05) is 6.08 Å². The molecular weight excluding hydrogens is 460 g/mol. The number of aliphatic hydroxyl groups excluding tert-OH is 2. The molecule has 2 aromatic heterocycles. The van der Waals surface area contributed by atoms with Crippen molar-refractivity contribution in [2.75, 3.05) is 11.9 Å². The Morgan fingerprint density at radius 1 is 0.966 bits per heavy atom. The molecule has 0 saturated carbocycles. The number of aromatic nitrogens is 2. The first-order chi connectivity index (χ1) is 13.1. The van der Waals surface area contributed by atoms with Crippen molar-refractivity contribution in [1.82, 2.24) is 9.97 Å². The van der Waals surface area contributed by atoms with E-state index in [1.165, 1.54) is 12.3 Å². The number of aromatic hydroxyl groups is 1. The third-order valence-corrected chi connectivity index (χ3v) is 3.36. The van der Waals surface area contributed by atoms with Gasteiger partial charge in [0.1, 0.15) is 22.9 Å². The van der Waals surface area contributed by atoms with Crippen LogP contribution in [0.1, 0.15) is 31.7 Å². The predicted octanol–water partition coefficient (Wildman–Crippen LogP) is 4.82. The molecule has 0 spiro atoms. The molecule has 0 saturated heterocycles. The van der Waals surface area contributed by atoms with Crippen LogP contribution in [-0.4, -0.2) is 37.2 Å². The Balaban J connectivity index is -0.000000372. The van der Waals surface area contributed by atoms with Crippen LogP contribution < -0.4 is 4.74 Å². The van der Waals surface area contributed by atoms with E-state index in [9.17, 15) is 0 Å². The highest BCUT2D eigenvalue weighted by Gasteiger charge is 2.01. The zero-order valence-corrected chi connectivity index (χ0v) is 18.1. The minimum atomic E-state index is -0.216. The van der Waals surface area contributed by atoms with Crippen LogP contribution in [0.15, 0.2) is 62.0 Å². The second-order valence-corrected chi connectivity index (χ2v) is 5.72. The lowest BCUT2D eigenvalue weighted by Gasteiger charge is -2.07. The summed E-state index contributed by atoms with van der Waals surface area (Å²) >= 11 is 3.24. The van der Waals surface area contributed by atoms with Gasteiger partial charge in [-0.25, -0.2) is 0 Å². The molecule has 0 radical (unpaired) electrons. The normalized spacial score (nSPS) is 8.52. The van der Waals surface area contributed by atoms with E-state index < -0.39 is 0 Å². The second kappa shape index (κ2) is 22.4. The van der Waals surface area contributed by atoms with Gasteiger partial charge in [-0.05, 0) is 37.1 Å². The summed E-state index contributed by atoms with van der Waals surface area (Å²) in [5.74, 6) is 0.687. The van der Waals surface area contributed by atoms with Gasteiger partial charge in [0.25, 0.3) is 0 Å². The number of nitrogens with zero attached hydrogens (tertiary/aromatic N) is 2. The lowest BCUT2D eigenvalue weighted by molar-refractivity contribution is 0.258. The molecule has 164 valence electrons. The Bertz CT molecular complexity index is 660. The Morgan fingerprint density at radius 2 is 1.52 bits per heavy atom. The number of allylic oxidation sites excluding steroid dienone is 1. The van der Waals surface area contributed by atoms with Crippen LogP contribution in [-0.2, 0) is 13.2 Å². The molecule has 29 heavy (non-hydrogen) atoms. The number of pyridine rings is 2. The SMILES string of the molecule is C.C=CCCBr.C=CCCOc1cccnc1CO.Cl.OCc1ncccc1O. The Labute approximate surface area is 188 Å². The van der Waals surface area contributed by atoms with Crippen molar-refractivity contribution in [1.29, 1.82) is 0 Å². The summed E-state index contributed by atoms with van der Waals surface area (Å²) in [5, 5.41) is 27.3. The predicted molar refractivity (Wildman–Crippen MR) is 125 cm³/mol. The fourth-order valence-corrected chi connectivity index (χ4v) is 1.88. The largest absolute Gasteiger partial charge is 0.506 e. The minimum absolute atomic E-state index is 0. The summed E-state index contributed by atoms with van der Waals surface area (Å²) in [5.41, 5.74) is 0.893. The highest BCUT2D eigenvalue weighted by Crippen LogP contribution is 2.15. The molecule has 2 aromatic rings. The van der Waals surface area contributed by atoms with E-state index >= 15 is 0 Å². The van der Waals surface area contributed by atoms with Gasteiger partial charge in [0.2, 0.25) is 0 Å². The summed E-state index contributed by atoms with van der Waals surface area (Å²) in [6.07, 6.45) is 8.68.